The van der Waals surface area contributed by atoms with Crippen molar-refractivity contribution in [3.63, 3.8) is 0 Å². The van der Waals surface area contributed by atoms with Gasteiger partial charge in [0, 0.05) is 37.7 Å². The molecule has 3 heteroatoms. The lowest BCUT2D eigenvalue weighted by atomic mass is 9.97. The summed E-state index contributed by atoms with van der Waals surface area (Å²) in [7, 11) is 0. The molecule has 2 rings (SSSR count). The fourth-order valence-corrected chi connectivity index (χ4v) is 2.17. The second-order valence-corrected chi connectivity index (χ2v) is 4.44. The van der Waals surface area contributed by atoms with Crippen molar-refractivity contribution < 1.29 is 4.79 Å². The molecule has 0 spiro atoms. The van der Waals surface area contributed by atoms with Gasteiger partial charge in [0.2, 0.25) is 5.91 Å². The summed E-state index contributed by atoms with van der Waals surface area (Å²) in [5.41, 5.74) is 2.66. The molecule has 3 nitrogen and oxygen atoms in total. The fourth-order valence-electron chi connectivity index (χ4n) is 2.17. The predicted molar refractivity (Wildman–Crippen MR) is 55.7 cm³/mol. The van der Waals surface area contributed by atoms with Gasteiger partial charge in [0.15, 0.2) is 0 Å². The van der Waals surface area contributed by atoms with Gasteiger partial charge in [-0.25, -0.2) is 0 Å². The average Bonchev–Trinajstić information content (AvgIpc) is 2.16. The zero-order valence-electron chi connectivity index (χ0n) is 8.97. The van der Waals surface area contributed by atoms with E-state index in [1.165, 1.54) is 11.3 Å². The molecule has 14 heavy (non-hydrogen) atoms. The van der Waals surface area contributed by atoms with Gasteiger partial charge in [-0.15, -0.1) is 0 Å². The van der Waals surface area contributed by atoms with Gasteiger partial charge < -0.3 is 5.32 Å². The van der Waals surface area contributed by atoms with Gasteiger partial charge in [0.1, 0.15) is 0 Å². The van der Waals surface area contributed by atoms with Crippen LogP contribution in [0.3, 0.4) is 0 Å². The highest BCUT2D eigenvalue weighted by Gasteiger charge is 2.24. The summed E-state index contributed by atoms with van der Waals surface area (Å²) in [6, 6.07) is 0.613. The molecule has 2 heterocycles. The van der Waals surface area contributed by atoms with E-state index in [9.17, 15) is 4.79 Å². The van der Waals surface area contributed by atoms with Crippen LogP contribution in [0.5, 0.6) is 0 Å². The summed E-state index contributed by atoms with van der Waals surface area (Å²) >= 11 is 0. The Morgan fingerprint density at radius 3 is 2.79 bits per heavy atom. The van der Waals surface area contributed by atoms with Crippen molar-refractivity contribution in [1.29, 1.82) is 0 Å². The Hall–Kier alpha value is -0.830. The van der Waals surface area contributed by atoms with Crippen LogP contribution in [0, 0.1) is 0 Å². The van der Waals surface area contributed by atoms with Gasteiger partial charge in [0.05, 0.1) is 0 Å². The molecule has 0 unspecified atom stereocenters. The molecule has 78 valence electrons. The average molecular weight is 194 g/mol. The first-order chi connectivity index (χ1) is 6.66. The number of amides is 1. The molecule has 2 aliphatic rings. The molecule has 2 aliphatic heterocycles. The van der Waals surface area contributed by atoms with Gasteiger partial charge in [-0.3, -0.25) is 9.69 Å². The summed E-state index contributed by atoms with van der Waals surface area (Å²) in [5, 5.41) is 2.99. The van der Waals surface area contributed by atoms with Crippen molar-refractivity contribution in [1.82, 2.24) is 10.2 Å². The van der Waals surface area contributed by atoms with E-state index in [-0.39, 0.29) is 5.91 Å². The summed E-state index contributed by atoms with van der Waals surface area (Å²) in [6.45, 7) is 6.59. The Labute approximate surface area is 85.2 Å². The molecule has 0 saturated heterocycles. The van der Waals surface area contributed by atoms with E-state index >= 15 is 0 Å². The number of carbonyl (C=O) groups excluding carboxylic acids is 1. The number of rotatable bonds is 1. The Kier molecular flexibility index (Phi) is 2.59. The van der Waals surface area contributed by atoms with Crippen molar-refractivity contribution in [2.75, 3.05) is 13.1 Å². The largest absolute Gasteiger partial charge is 0.330 e. The maximum absolute atomic E-state index is 11.2. The van der Waals surface area contributed by atoms with Gasteiger partial charge in [-0.1, -0.05) is 0 Å². The Balaban J connectivity index is 2.09. The highest BCUT2D eigenvalue weighted by Crippen LogP contribution is 2.24. The topological polar surface area (TPSA) is 32.3 Å². The molecular weight excluding hydrogens is 176 g/mol. The predicted octanol–water partition coefficient (Wildman–Crippen LogP) is 1.26. The number of hydrogen-bond acceptors (Lipinski definition) is 2. The smallest absolute Gasteiger partial charge is 0.224 e. The highest BCUT2D eigenvalue weighted by atomic mass is 16.1. The second-order valence-electron chi connectivity index (χ2n) is 4.44. The third kappa shape index (κ3) is 1.82. The van der Waals surface area contributed by atoms with Crippen molar-refractivity contribution in [3.05, 3.63) is 11.3 Å². The van der Waals surface area contributed by atoms with Crippen LogP contribution in [-0.4, -0.2) is 29.9 Å². The standard InChI is InChI=1S/C11H18N2O/c1-8(2)13-6-5-10-9(7-13)3-4-11(14)12-10/h8H,3-7H2,1-2H3,(H,12,14). The summed E-state index contributed by atoms with van der Waals surface area (Å²) in [6.07, 6.45) is 2.65. The molecule has 0 aromatic rings. The minimum atomic E-state index is 0.196. The van der Waals surface area contributed by atoms with E-state index in [0.717, 1.165) is 25.9 Å². The first kappa shape index (κ1) is 9.71. The molecule has 0 aromatic heterocycles. The van der Waals surface area contributed by atoms with Gasteiger partial charge in [0.25, 0.3) is 0 Å². The quantitative estimate of drug-likeness (QED) is 0.681. The lowest BCUT2D eigenvalue weighted by Crippen LogP contribution is -2.42. The van der Waals surface area contributed by atoms with Crippen LogP contribution in [0.15, 0.2) is 11.3 Å². The van der Waals surface area contributed by atoms with Crippen LogP contribution >= 0.6 is 0 Å². The van der Waals surface area contributed by atoms with Crippen LogP contribution in [0.2, 0.25) is 0 Å². The minimum Gasteiger partial charge on any atom is -0.330 e. The maximum Gasteiger partial charge on any atom is 0.224 e. The van der Waals surface area contributed by atoms with Crippen LogP contribution < -0.4 is 5.32 Å². The summed E-state index contributed by atoms with van der Waals surface area (Å²) < 4.78 is 0. The molecule has 0 aromatic carbocycles. The van der Waals surface area contributed by atoms with Crippen molar-refractivity contribution in [2.45, 2.75) is 39.2 Å². The van der Waals surface area contributed by atoms with Crippen LogP contribution in [0.25, 0.3) is 0 Å². The molecule has 0 saturated carbocycles. The monoisotopic (exact) mass is 194 g/mol. The minimum absolute atomic E-state index is 0.196. The first-order valence-corrected chi connectivity index (χ1v) is 5.41. The van der Waals surface area contributed by atoms with Gasteiger partial charge in [-0.05, 0) is 25.8 Å². The Morgan fingerprint density at radius 2 is 2.07 bits per heavy atom. The third-order valence-corrected chi connectivity index (χ3v) is 3.14. The lowest BCUT2D eigenvalue weighted by molar-refractivity contribution is -0.120. The molecule has 0 bridgehead atoms. The van der Waals surface area contributed by atoms with E-state index in [1.54, 1.807) is 0 Å². The zero-order chi connectivity index (χ0) is 10.1. The number of hydrogen-bond donors (Lipinski definition) is 1. The Bertz CT molecular complexity index is 281. The molecule has 0 aliphatic carbocycles. The zero-order valence-corrected chi connectivity index (χ0v) is 8.97. The maximum atomic E-state index is 11.2. The van der Waals surface area contributed by atoms with E-state index in [1.807, 2.05) is 0 Å². The van der Waals surface area contributed by atoms with E-state index in [4.69, 9.17) is 0 Å². The molecule has 1 amide bonds. The SMILES string of the molecule is CC(C)N1CCC2=C(CCC(=O)N2)C1. The molecule has 0 radical (unpaired) electrons. The first-order valence-electron chi connectivity index (χ1n) is 5.41. The lowest BCUT2D eigenvalue weighted by Gasteiger charge is -2.35. The van der Waals surface area contributed by atoms with E-state index < -0.39 is 0 Å². The molecule has 0 fully saturated rings. The summed E-state index contributed by atoms with van der Waals surface area (Å²) in [4.78, 5) is 13.6. The van der Waals surface area contributed by atoms with Crippen LogP contribution in [0.1, 0.15) is 33.1 Å². The number of carbonyl (C=O) groups is 1. The highest BCUT2D eigenvalue weighted by molar-refractivity contribution is 5.79. The van der Waals surface area contributed by atoms with Crippen molar-refractivity contribution in [3.8, 4) is 0 Å². The molecular formula is C11H18N2O. The fraction of sp³-hybridized carbons (Fsp3) is 0.727. The van der Waals surface area contributed by atoms with Crippen LogP contribution in [-0.2, 0) is 4.79 Å². The van der Waals surface area contributed by atoms with Gasteiger partial charge >= 0.3 is 0 Å². The van der Waals surface area contributed by atoms with Crippen LogP contribution in [0.4, 0.5) is 0 Å². The molecule has 0 atom stereocenters. The Morgan fingerprint density at radius 1 is 1.29 bits per heavy atom. The third-order valence-electron chi connectivity index (χ3n) is 3.14. The molecule has 1 N–H and O–H groups in total. The van der Waals surface area contributed by atoms with Gasteiger partial charge in [-0.2, -0.15) is 0 Å². The normalized spacial score (nSPS) is 23.8. The number of nitrogens with zero attached hydrogens (tertiary/aromatic N) is 1. The second kappa shape index (κ2) is 3.73. The van der Waals surface area contributed by atoms with E-state index in [2.05, 4.69) is 24.1 Å². The summed E-state index contributed by atoms with van der Waals surface area (Å²) in [5.74, 6) is 0.196. The van der Waals surface area contributed by atoms with Crippen molar-refractivity contribution in [2.24, 2.45) is 0 Å². The number of nitrogens with one attached hydrogen (secondary N) is 1. The van der Waals surface area contributed by atoms with Crippen molar-refractivity contribution >= 4 is 5.91 Å². The van der Waals surface area contributed by atoms with E-state index in [0.29, 0.717) is 12.5 Å².